The van der Waals surface area contributed by atoms with Crippen LogP contribution in [0.3, 0.4) is 0 Å². The number of nitrogens with zero attached hydrogens (tertiary/aromatic N) is 2. The maximum Gasteiger partial charge on any atom is 0.490 e. The zero-order valence-electron chi connectivity index (χ0n) is 20.0. The summed E-state index contributed by atoms with van der Waals surface area (Å²) in [5.41, 5.74) is 0.989. The number of hydrogen-bond donors (Lipinski definition) is 2. The molecule has 1 aliphatic carbocycles. The summed E-state index contributed by atoms with van der Waals surface area (Å²) in [6, 6.07) is 10.9. The van der Waals surface area contributed by atoms with Gasteiger partial charge < -0.3 is 19.7 Å². The molecule has 2 aromatic rings. The van der Waals surface area contributed by atoms with Gasteiger partial charge in [-0.3, -0.25) is 9.88 Å². The molecule has 1 saturated heterocycles. The van der Waals surface area contributed by atoms with E-state index in [4.69, 9.17) is 29.3 Å². The van der Waals surface area contributed by atoms with Gasteiger partial charge in [0.15, 0.2) is 0 Å². The lowest BCUT2D eigenvalue weighted by Crippen LogP contribution is -2.51. The smallest absolute Gasteiger partial charge is 0.475 e. The molecule has 0 aromatic carbocycles. The van der Waals surface area contributed by atoms with Crippen molar-refractivity contribution in [3.63, 3.8) is 0 Å². The molecular formula is C23H26F6N2O6S. The SMILES string of the molecule is Cc1ccc(CN2CCO[C@H]3[C@H](OCc4ccccn4)CC[C@@H]32)s1.O=C(O)C(F)(F)F.O=C(O)C(F)(F)F. The maximum atomic E-state index is 10.6. The number of morpholine rings is 1. The van der Waals surface area contributed by atoms with E-state index >= 15 is 0 Å². The maximum absolute atomic E-state index is 10.6. The van der Waals surface area contributed by atoms with Crippen LogP contribution >= 0.6 is 11.3 Å². The number of pyridine rings is 1. The molecule has 212 valence electrons. The fourth-order valence-corrected chi connectivity index (χ4v) is 4.73. The van der Waals surface area contributed by atoms with E-state index in [9.17, 15) is 26.3 Å². The summed E-state index contributed by atoms with van der Waals surface area (Å²) in [7, 11) is 0. The first kappa shape index (κ1) is 31.5. The van der Waals surface area contributed by atoms with Gasteiger partial charge in [0.2, 0.25) is 0 Å². The molecule has 3 heterocycles. The number of aryl methyl sites for hydroxylation is 1. The molecule has 2 fully saturated rings. The van der Waals surface area contributed by atoms with E-state index in [0.717, 1.165) is 38.2 Å². The number of carbonyl (C=O) groups is 2. The van der Waals surface area contributed by atoms with Gasteiger partial charge in [0, 0.05) is 35.1 Å². The number of hydrogen-bond acceptors (Lipinski definition) is 7. The van der Waals surface area contributed by atoms with Gasteiger partial charge in [-0.1, -0.05) is 6.07 Å². The average Bonchev–Trinajstić information content (AvgIpc) is 3.44. The summed E-state index contributed by atoms with van der Waals surface area (Å²) in [5, 5.41) is 14.2. The molecule has 8 nitrogen and oxygen atoms in total. The van der Waals surface area contributed by atoms with E-state index in [-0.39, 0.29) is 12.2 Å². The molecule has 1 aliphatic heterocycles. The first-order chi connectivity index (χ1) is 17.7. The molecule has 1 saturated carbocycles. The lowest BCUT2D eigenvalue weighted by atomic mass is 10.1. The number of carboxylic acids is 2. The molecule has 15 heteroatoms. The number of carboxylic acid groups (broad SMARTS) is 2. The number of fused-ring (bicyclic) bond motifs is 1. The van der Waals surface area contributed by atoms with Gasteiger partial charge in [0.25, 0.3) is 0 Å². The van der Waals surface area contributed by atoms with Gasteiger partial charge in [0.05, 0.1) is 31.1 Å². The molecule has 38 heavy (non-hydrogen) atoms. The molecule has 0 spiro atoms. The van der Waals surface area contributed by atoms with Crippen LogP contribution in [0.1, 0.15) is 28.3 Å². The molecule has 3 atom stereocenters. The number of alkyl halides is 6. The van der Waals surface area contributed by atoms with E-state index in [1.165, 1.54) is 9.75 Å². The van der Waals surface area contributed by atoms with Crippen molar-refractivity contribution >= 4 is 23.3 Å². The highest BCUT2D eigenvalue weighted by molar-refractivity contribution is 7.11. The predicted octanol–water partition coefficient (Wildman–Crippen LogP) is 4.67. The second-order valence-corrected chi connectivity index (χ2v) is 9.61. The summed E-state index contributed by atoms with van der Waals surface area (Å²) in [4.78, 5) is 27.6. The molecule has 0 unspecified atom stereocenters. The summed E-state index contributed by atoms with van der Waals surface area (Å²) in [6.07, 6.45) is -5.74. The molecule has 2 aliphatic rings. The van der Waals surface area contributed by atoms with Crippen molar-refractivity contribution in [1.29, 1.82) is 0 Å². The van der Waals surface area contributed by atoms with Crippen LogP contribution in [0, 0.1) is 6.92 Å². The minimum Gasteiger partial charge on any atom is -0.475 e. The van der Waals surface area contributed by atoms with Crippen LogP contribution in [0.25, 0.3) is 0 Å². The molecule has 2 N–H and O–H groups in total. The fourth-order valence-electron chi connectivity index (χ4n) is 3.81. The first-order valence-electron chi connectivity index (χ1n) is 11.2. The number of aromatic nitrogens is 1. The van der Waals surface area contributed by atoms with Crippen molar-refractivity contribution in [2.75, 3.05) is 13.2 Å². The Morgan fingerprint density at radius 2 is 1.71 bits per heavy atom. The minimum atomic E-state index is -5.08. The van der Waals surface area contributed by atoms with Crippen molar-refractivity contribution in [3.05, 3.63) is 52.0 Å². The van der Waals surface area contributed by atoms with Crippen LogP contribution in [0.4, 0.5) is 26.3 Å². The highest BCUT2D eigenvalue weighted by Crippen LogP contribution is 2.34. The molecule has 4 rings (SSSR count). The quantitative estimate of drug-likeness (QED) is 0.498. The highest BCUT2D eigenvalue weighted by Gasteiger charge is 2.43. The topological polar surface area (TPSA) is 109 Å². The Labute approximate surface area is 217 Å². The summed E-state index contributed by atoms with van der Waals surface area (Å²) in [5.74, 6) is -5.51. The van der Waals surface area contributed by atoms with Crippen molar-refractivity contribution in [2.45, 2.75) is 63.5 Å². The largest absolute Gasteiger partial charge is 0.490 e. The zero-order chi connectivity index (χ0) is 28.5. The predicted molar refractivity (Wildman–Crippen MR) is 122 cm³/mol. The normalized spacial score (nSPS) is 21.4. The van der Waals surface area contributed by atoms with Gasteiger partial charge >= 0.3 is 24.3 Å². The molecule has 0 amide bonds. The van der Waals surface area contributed by atoms with Gasteiger partial charge in [-0.2, -0.15) is 26.3 Å². The van der Waals surface area contributed by atoms with Crippen LogP contribution in [0.2, 0.25) is 0 Å². The minimum absolute atomic E-state index is 0.185. The third kappa shape index (κ3) is 10.2. The van der Waals surface area contributed by atoms with Crippen molar-refractivity contribution in [3.8, 4) is 0 Å². The van der Waals surface area contributed by atoms with Gasteiger partial charge in [-0.05, 0) is 44.0 Å². The van der Waals surface area contributed by atoms with E-state index < -0.39 is 24.3 Å². The summed E-state index contributed by atoms with van der Waals surface area (Å²) in [6.45, 7) is 5.60. The standard InChI is InChI=1S/C19H24N2O2S.2C2HF3O2/c1-14-5-6-16(24-14)12-21-10-11-22-19-17(21)7-8-18(19)23-13-15-4-2-3-9-20-15;2*3-2(4,5)1(6)7/h2-6,9,17-19H,7-8,10-13H2,1H3;2*(H,6,7)/t17-,18+,19+;;/m0../s1. The second kappa shape index (κ2) is 13.9. The van der Waals surface area contributed by atoms with Crippen molar-refractivity contribution in [2.24, 2.45) is 0 Å². The fraction of sp³-hybridized carbons (Fsp3) is 0.522. The van der Waals surface area contributed by atoms with Crippen LogP contribution in [0.5, 0.6) is 0 Å². The Morgan fingerprint density at radius 1 is 1.08 bits per heavy atom. The van der Waals surface area contributed by atoms with E-state index in [0.29, 0.717) is 12.6 Å². The van der Waals surface area contributed by atoms with Gasteiger partial charge in [0.1, 0.15) is 0 Å². The monoisotopic (exact) mass is 572 g/mol. The molecule has 2 aromatic heterocycles. The molecule has 0 bridgehead atoms. The Bertz CT molecular complexity index is 1010. The Hall–Kier alpha value is -2.75. The number of rotatable bonds is 5. The zero-order valence-corrected chi connectivity index (χ0v) is 20.9. The summed E-state index contributed by atoms with van der Waals surface area (Å²) < 4.78 is 75.7. The van der Waals surface area contributed by atoms with Crippen LogP contribution in [-0.2, 0) is 32.2 Å². The van der Waals surface area contributed by atoms with Crippen molar-refractivity contribution < 1.29 is 55.6 Å². The summed E-state index contributed by atoms with van der Waals surface area (Å²) >= 11 is 1.90. The molecular weight excluding hydrogens is 546 g/mol. The Morgan fingerprint density at radius 3 is 2.21 bits per heavy atom. The first-order valence-corrected chi connectivity index (χ1v) is 12.0. The van der Waals surface area contributed by atoms with Crippen LogP contribution in [0.15, 0.2) is 36.5 Å². The second-order valence-electron chi connectivity index (χ2n) is 8.24. The van der Waals surface area contributed by atoms with Gasteiger partial charge in [-0.25, -0.2) is 9.59 Å². The Balaban J connectivity index is 0.000000301. The molecule has 0 radical (unpaired) electrons. The van der Waals surface area contributed by atoms with Gasteiger partial charge in [-0.15, -0.1) is 11.3 Å². The van der Waals surface area contributed by atoms with Crippen molar-refractivity contribution in [1.82, 2.24) is 9.88 Å². The lowest BCUT2D eigenvalue weighted by Gasteiger charge is -2.38. The average molecular weight is 573 g/mol. The third-order valence-electron chi connectivity index (χ3n) is 5.46. The Kier molecular flexibility index (Phi) is 11.5. The highest BCUT2D eigenvalue weighted by atomic mass is 32.1. The van der Waals surface area contributed by atoms with Crippen LogP contribution < -0.4 is 0 Å². The number of halogens is 6. The number of thiophene rings is 1. The number of ether oxygens (including phenoxy) is 2. The van der Waals surface area contributed by atoms with E-state index in [1.54, 1.807) is 0 Å². The van der Waals surface area contributed by atoms with E-state index in [1.807, 2.05) is 35.7 Å². The van der Waals surface area contributed by atoms with Crippen LogP contribution in [-0.4, -0.2) is 75.8 Å². The third-order valence-corrected chi connectivity index (χ3v) is 6.45. The number of aliphatic carboxylic acids is 2. The van der Waals surface area contributed by atoms with E-state index in [2.05, 4.69) is 28.9 Å². The lowest BCUT2D eigenvalue weighted by molar-refractivity contribution is -0.193.